The van der Waals surface area contributed by atoms with Crippen molar-refractivity contribution in [1.29, 1.82) is 0 Å². The van der Waals surface area contributed by atoms with E-state index in [1.165, 1.54) is 0 Å². The first-order valence-electron chi connectivity index (χ1n) is 11.9. The van der Waals surface area contributed by atoms with Crippen LogP contribution in [-0.4, -0.2) is 29.0 Å². The van der Waals surface area contributed by atoms with Gasteiger partial charge >= 0.3 is 12.1 Å². The van der Waals surface area contributed by atoms with Crippen molar-refractivity contribution in [3.8, 4) is 0 Å². The molecule has 1 atom stereocenters. The molecule has 1 N–H and O–H groups in total. The molecule has 0 saturated heterocycles. The van der Waals surface area contributed by atoms with Gasteiger partial charge in [-0.25, -0.2) is 14.6 Å². The minimum atomic E-state index is -1.03. The number of nitrogens with zero attached hydrogens (tertiary/aromatic N) is 1. The van der Waals surface area contributed by atoms with Crippen LogP contribution < -0.4 is 5.32 Å². The number of carbonyl (C=O) groups excluding carboxylic acids is 2. The predicted molar refractivity (Wildman–Crippen MR) is 143 cm³/mol. The standard InChI is InChI=1S/C30H34N2O4/c1-29(2,3)35-27(33)26(32-28(34)36-30(4,5)6)23-17-19-24(20-18-23)31-25(21-13-9-7-10-14-21)22-15-11-8-12-16-22/h7-20,26H,1-6H3,(H,32,34)/t26-/m0/s1. The fraction of sp³-hybridized carbons (Fsp3) is 0.300. The normalized spacial score (nSPS) is 12.3. The van der Waals surface area contributed by atoms with Gasteiger partial charge in [-0.05, 0) is 59.2 Å². The molecule has 0 aromatic heterocycles. The van der Waals surface area contributed by atoms with Crippen LogP contribution in [0.25, 0.3) is 0 Å². The Morgan fingerprint density at radius 2 is 1.17 bits per heavy atom. The highest BCUT2D eigenvalue weighted by molar-refractivity contribution is 6.13. The summed E-state index contributed by atoms with van der Waals surface area (Å²) in [7, 11) is 0. The van der Waals surface area contributed by atoms with E-state index in [0.29, 0.717) is 11.3 Å². The van der Waals surface area contributed by atoms with Crippen LogP contribution in [0.1, 0.15) is 64.3 Å². The predicted octanol–water partition coefficient (Wildman–Crippen LogP) is 6.76. The van der Waals surface area contributed by atoms with Crippen molar-refractivity contribution in [2.45, 2.75) is 58.8 Å². The van der Waals surface area contributed by atoms with Crippen molar-refractivity contribution in [3.05, 3.63) is 102 Å². The molecule has 0 heterocycles. The third-order valence-electron chi connectivity index (χ3n) is 4.87. The van der Waals surface area contributed by atoms with E-state index in [4.69, 9.17) is 14.5 Å². The van der Waals surface area contributed by atoms with Crippen LogP contribution in [-0.2, 0) is 14.3 Å². The number of rotatable bonds is 6. The second-order valence-corrected chi connectivity index (χ2v) is 10.4. The zero-order valence-corrected chi connectivity index (χ0v) is 21.7. The third kappa shape index (κ3) is 8.08. The van der Waals surface area contributed by atoms with E-state index >= 15 is 0 Å². The van der Waals surface area contributed by atoms with Crippen molar-refractivity contribution in [3.63, 3.8) is 0 Å². The Balaban J connectivity index is 1.94. The van der Waals surface area contributed by atoms with E-state index in [9.17, 15) is 9.59 Å². The molecule has 0 aliphatic rings. The van der Waals surface area contributed by atoms with Gasteiger partial charge < -0.3 is 14.8 Å². The first kappa shape index (κ1) is 26.7. The average Bonchev–Trinajstić information content (AvgIpc) is 2.80. The lowest BCUT2D eigenvalue weighted by atomic mass is 10.0. The number of nitrogens with one attached hydrogen (secondary N) is 1. The second kappa shape index (κ2) is 11.2. The van der Waals surface area contributed by atoms with Gasteiger partial charge in [-0.15, -0.1) is 0 Å². The number of hydrogen-bond acceptors (Lipinski definition) is 5. The summed E-state index contributed by atoms with van der Waals surface area (Å²) in [4.78, 5) is 30.4. The van der Waals surface area contributed by atoms with Crippen molar-refractivity contribution < 1.29 is 19.1 Å². The first-order valence-corrected chi connectivity index (χ1v) is 11.9. The molecule has 0 unspecified atom stereocenters. The number of esters is 1. The SMILES string of the molecule is CC(C)(C)OC(=O)N[C@H](C(=O)OC(C)(C)C)c1ccc(N=C(c2ccccc2)c2ccccc2)cc1. The summed E-state index contributed by atoms with van der Waals surface area (Å²) in [6.45, 7) is 10.6. The zero-order chi connectivity index (χ0) is 26.3. The summed E-state index contributed by atoms with van der Waals surface area (Å²) in [5.74, 6) is -0.570. The lowest BCUT2D eigenvalue weighted by Crippen LogP contribution is -2.40. The Hall–Kier alpha value is -3.93. The summed E-state index contributed by atoms with van der Waals surface area (Å²) in [5, 5.41) is 2.65. The Kier molecular flexibility index (Phi) is 8.30. The largest absolute Gasteiger partial charge is 0.458 e. The molecule has 36 heavy (non-hydrogen) atoms. The number of amides is 1. The van der Waals surface area contributed by atoms with Gasteiger partial charge in [-0.3, -0.25) is 0 Å². The highest BCUT2D eigenvalue weighted by Crippen LogP contribution is 2.24. The van der Waals surface area contributed by atoms with Crippen LogP contribution >= 0.6 is 0 Å². The lowest BCUT2D eigenvalue weighted by molar-refractivity contribution is -0.157. The van der Waals surface area contributed by atoms with Crippen molar-refractivity contribution >= 4 is 23.5 Å². The zero-order valence-electron chi connectivity index (χ0n) is 21.7. The number of carbonyl (C=O) groups is 2. The molecule has 0 fully saturated rings. The van der Waals surface area contributed by atoms with Crippen LogP contribution in [0.5, 0.6) is 0 Å². The molecule has 1 amide bonds. The summed E-state index contributed by atoms with van der Waals surface area (Å²) in [5.41, 5.74) is 2.68. The molecule has 0 spiro atoms. The van der Waals surface area contributed by atoms with E-state index < -0.39 is 29.3 Å². The molecule has 188 valence electrons. The smallest absolute Gasteiger partial charge is 0.408 e. The summed E-state index contributed by atoms with van der Waals surface area (Å²) in [6.07, 6.45) is -0.698. The Labute approximate surface area is 213 Å². The summed E-state index contributed by atoms with van der Waals surface area (Å²) < 4.78 is 10.9. The number of aliphatic imine (C=N–C) groups is 1. The molecule has 0 aliphatic carbocycles. The number of alkyl carbamates (subject to hydrolysis) is 1. The van der Waals surface area contributed by atoms with E-state index in [1.807, 2.05) is 72.8 Å². The average molecular weight is 487 g/mol. The topological polar surface area (TPSA) is 77.0 Å². The highest BCUT2D eigenvalue weighted by Gasteiger charge is 2.30. The van der Waals surface area contributed by atoms with Crippen molar-refractivity contribution in [2.24, 2.45) is 4.99 Å². The summed E-state index contributed by atoms with van der Waals surface area (Å²) in [6, 6.07) is 26.0. The van der Waals surface area contributed by atoms with Gasteiger partial charge in [0.1, 0.15) is 11.2 Å². The molecular weight excluding hydrogens is 452 g/mol. The van der Waals surface area contributed by atoms with Gasteiger partial charge in [-0.1, -0.05) is 72.8 Å². The minimum absolute atomic E-state index is 0.565. The molecule has 3 rings (SSSR count). The molecule has 0 bridgehead atoms. The van der Waals surface area contributed by atoms with Crippen LogP contribution in [0.4, 0.5) is 10.5 Å². The fourth-order valence-corrected chi connectivity index (χ4v) is 3.42. The fourth-order valence-electron chi connectivity index (χ4n) is 3.42. The highest BCUT2D eigenvalue weighted by atomic mass is 16.6. The second-order valence-electron chi connectivity index (χ2n) is 10.4. The molecule has 3 aromatic rings. The van der Waals surface area contributed by atoms with Gasteiger partial charge in [0.15, 0.2) is 6.04 Å². The van der Waals surface area contributed by atoms with E-state index in [2.05, 4.69) is 5.32 Å². The molecule has 6 heteroatoms. The number of ether oxygens (including phenoxy) is 2. The van der Waals surface area contributed by atoms with Gasteiger partial charge in [0, 0.05) is 11.1 Å². The number of hydrogen-bond donors (Lipinski definition) is 1. The molecule has 0 saturated carbocycles. The maximum absolute atomic E-state index is 13.0. The van der Waals surface area contributed by atoms with E-state index in [-0.39, 0.29) is 0 Å². The molecule has 0 aliphatic heterocycles. The van der Waals surface area contributed by atoms with Gasteiger partial charge in [-0.2, -0.15) is 0 Å². The monoisotopic (exact) mass is 486 g/mol. The van der Waals surface area contributed by atoms with Crippen LogP contribution in [0.2, 0.25) is 0 Å². The molecule has 6 nitrogen and oxygen atoms in total. The molecule has 0 radical (unpaired) electrons. The van der Waals surface area contributed by atoms with Crippen molar-refractivity contribution in [1.82, 2.24) is 5.32 Å². The third-order valence-corrected chi connectivity index (χ3v) is 4.87. The lowest BCUT2D eigenvalue weighted by Gasteiger charge is -2.26. The van der Waals surface area contributed by atoms with Crippen LogP contribution in [0.3, 0.4) is 0 Å². The molecular formula is C30H34N2O4. The van der Waals surface area contributed by atoms with Crippen molar-refractivity contribution in [2.75, 3.05) is 0 Å². The van der Waals surface area contributed by atoms with Gasteiger partial charge in [0.2, 0.25) is 0 Å². The first-order chi connectivity index (χ1) is 16.9. The van der Waals surface area contributed by atoms with E-state index in [1.54, 1.807) is 53.7 Å². The maximum atomic E-state index is 13.0. The quantitative estimate of drug-likeness (QED) is 0.308. The van der Waals surface area contributed by atoms with E-state index in [0.717, 1.165) is 16.8 Å². The van der Waals surface area contributed by atoms with Crippen LogP contribution in [0.15, 0.2) is 89.9 Å². The Morgan fingerprint density at radius 3 is 1.61 bits per heavy atom. The van der Waals surface area contributed by atoms with Crippen LogP contribution in [0, 0.1) is 0 Å². The minimum Gasteiger partial charge on any atom is -0.458 e. The summed E-state index contributed by atoms with van der Waals surface area (Å²) >= 11 is 0. The maximum Gasteiger partial charge on any atom is 0.408 e. The van der Waals surface area contributed by atoms with Gasteiger partial charge in [0.05, 0.1) is 11.4 Å². The Morgan fingerprint density at radius 1 is 0.694 bits per heavy atom. The molecule has 3 aromatic carbocycles. The van der Waals surface area contributed by atoms with Gasteiger partial charge in [0.25, 0.3) is 0 Å². The Bertz CT molecular complexity index is 1150. The number of benzene rings is 3.